The van der Waals surface area contributed by atoms with E-state index >= 15 is 0 Å². The van der Waals surface area contributed by atoms with Crippen LogP contribution in [-0.2, 0) is 9.59 Å². The van der Waals surface area contributed by atoms with Crippen LogP contribution in [0.1, 0.15) is 36.9 Å². The Morgan fingerprint density at radius 1 is 1.03 bits per heavy atom. The summed E-state index contributed by atoms with van der Waals surface area (Å²) in [5.41, 5.74) is 1.11. The monoisotopic (exact) mass is 425 g/mol. The molecule has 3 rings (SSSR count). The van der Waals surface area contributed by atoms with Crippen LogP contribution in [0.3, 0.4) is 0 Å². The molecule has 1 aliphatic rings. The van der Waals surface area contributed by atoms with Gasteiger partial charge in [0.25, 0.3) is 11.7 Å². The molecule has 2 N–H and O–H groups in total. The van der Waals surface area contributed by atoms with E-state index in [9.17, 15) is 19.8 Å². The van der Waals surface area contributed by atoms with Crippen LogP contribution in [0.25, 0.3) is 5.76 Å². The lowest BCUT2D eigenvalue weighted by Gasteiger charge is -2.25. The van der Waals surface area contributed by atoms with E-state index in [-0.39, 0.29) is 24.5 Å². The van der Waals surface area contributed by atoms with Crippen molar-refractivity contribution < 1.29 is 29.3 Å². The van der Waals surface area contributed by atoms with Gasteiger partial charge in [0, 0.05) is 18.7 Å². The Labute approximate surface area is 181 Å². The number of benzene rings is 2. The molecule has 0 radical (unpaired) electrons. The summed E-state index contributed by atoms with van der Waals surface area (Å²) in [7, 11) is 1.55. The average molecular weight is 425 g/mol. The van der Waals surface area contributed by atoms with Gasteiger partial charge >= 0.3 is 0 Å². The molecule has 31 heavy (non-hydrogen) atoms. The quantitative estimate of drug-likeness (QED) is 0.364. The second-order valence-corrected chi connectivity index (χ2v) is 7.22. The third-order valence-electron chi connectivity index (χ3n) is 5.13. The number of rotatable bonds is 9. The Hall–Kier alpha value is -3.32. The third kappa shape index (κ3) is 4.72. The Balaban J connectivity index is 2.04. The van der Waals surface area contributed by atoms with E-state index in [1.165, 1.54) is 4.90 Å². The molecule has 1 saturated heterocycles. The highest BCUT2D eigenvalue weighted by atomic mass is 16.5. The molecule has 1 heterocycles. The minimum absolute atomic E-state index is 0.0235. The summed E-state index contributed by atoms with van der Waals surface area (Å²) >= 11 is 0. The number of Topliss-reactive ketones (excluding diaryl/α,β-unsaturated/α-hetero) is 1. The molecular formula is C24H27NO6. The molecule has 1 fully saturated rings. The van der Waals surface area contributed by atoms with Gasteiger partial charge in [-0.25, -0.2) is 0 Å². The molecule has 7 nitrogen and oxygen atoms in total. The largest absolute Gasteiger partial charge is 0.507 e. The molecule has 1 aliphatic heterocycles. The molecule has 164 valence electrons. The summed E-state index contributed by atoms with van der Waals surface area (Å²) in [6.45, 7) is 2.67. The highest BCUT2D eigenvalue weighted by Gasteiger charge is 2.45. The zero-order valence-corrected chi connectivity index (χ0v) is 17.7. The highest BCUT2D eigenvalue weighted by molar-refractivity contribution is 6.46. The van der Waals surface area contributed by atoms with Crippen LogP contribution in [0.15, 0.2) is 54.1 Å². The molecule has 0 spiro atoms. The summed E-state index contributed by atoms with van der Waals surface area (Å²) in [6, 6.07) is 13.0. The molecule has 0 aromatic heterocycles. The van der Waals surface area contributed by atoms with E-state index in [4.69, 9.17) is 9.47 Å². The van der Waals surface area contributed by atoms with Crippen molar-refractivity contribution in [3.8, 4) is 11.5 Å². The topological polar surface area (TPSA) is 96.3 Å². The minimum atomic E-state index is -0.756. The Morgan fingerprint density at radius 2 is 1.68 bits per heavy atom. The number of amides is 1. The normalized spacial score (nSPS) is 17.8. The summed E-state index contributed by atoms with van der Waals surface area (Å²) in [6.07, 6.45) is 1.20. The maximum atomic E-state index is 12.9. The van der Waals surface area contributed by atoms with Gasteiger partial charge in [-0.15, -0.1) is 0 Å². The highest BCUT2D eigenvalue weighted by Crippen LogP contribution is 2.40. The van der Waals surface area contributed by atoms with Gasteiger partial charge < -0.3 is 24.6 Å². The number of hydrogen-bond donors (Lipinski definition) is 2. The van der Waals surface area contributed by atoms with Crippen molar-refractivity contribution in [2.45, 2.75) is 25.8 Å². The SMILES string of the molecule is CCCOc1ccc(/C(O)=C2/C(=O)C(=O)N(CCCO)C2c2ccc(OC)cc2)cc1. The summed E-state index contributed by atoms with van der Waals surface area (Å²) in [4.78, 5) is 27.0. The second kappa shape index (κ2) is 10.1. The standard InChI is InChI=1S/C24H27NO6/c1-3-15-31-19-11-7-17(8-12-19)22(27)20-21(16-5-9-18(30-2)10-6-16)25(13-4-14-26)24(29)23(20)28/h5-12,21,26-27H,3-4,13-15H2,1-2H3/b22-20-. The number of carbonyl (C=O) groups excluding carboxylic acids is 2. The van der Waals surface area contributed by atoms with Crippen LogP contribution in [0.5, 0.6) is 11.5 Å². The fourth-order valence-electron chi connectivity index (χ4n) is 3.57. The molecule has 1 unspecified atom stereocenters. The lowest BCUT2D eigenvalue weighted by atomic mass is 9.95. The van der Waals surface area contributed by atoms with Gasteiger partial charge in [0.05, 0.1) is 25.3 Å². The van der Waals surface area contributed by atoms with Gasteiger partial charge in [-0.3, -0.25) is 9.59 Å². The molecule has 2 aromatic carbocycles. The van der Waals surface area contributed by atoms with Crippen molar-refractivity contribution >= 4 is 17.4 Å². The van der Waals surface area contributed by atoms with Crippen molar-refractivity contribution in [1.29, 1.82) is 0 Å². The molecule has 0 saturated carbocycles. The molecule has 2 aromatic rings. The first-order valence-corrected chi connectivity index (χ1v) is 10.3. The molecular weight excluding hydrogens is 398 g/mol. The summed E-state index contributed by atoms with van der Waals surface area (Å²) in [5, 5.41) is 20.2. The number of carbonyl (C=O) groups is 2. The number of aliphatic hydroxyl groups is 2. The van der Waals surface area contributed by atoms with Crippen molar-refractivity contribution in [1.82, 2.24) is 4.90 Å². The van der Waals surface area contributed by atoms with E-state index < -0.39 is 17.7 Å². The maximum Gasteiger partial charge on any atom is 0.295 e. The van der Waals surface area contributed by atoms with Gasteiger partial charge in [0.15, 0.2) is 0 Å². The van der Waals surface area contributed by atoms with Gasteiger partial charge in [-0.1, -0.05) is 19.1 Å². The maximum absolute atomic E-state index is 12.9. The molecule has 0 bridgehead atoms. The number of ether oxygens (including phenoxy) is 2. The molecule has 1 amide bonds. The Bertz CT molecular complexity index is 949. The second-order valence-electron chi connectivity index (χ2n) is 7.22. The van der Waals surface area contributed by atoms with Crippen LogP contribution in [0.2, 0.25) is 0 Å². The first-order valence-electron chi connectivity index (χ1n) is 10.3. The first kappa shape index (κ1) is 22.4. The average Bonchev–Trinajstić information content (AvgIpc) is 3.06. The predicted octanol–water partition coefficient (Wildman–Crippen LogP) is 3.29. The number of ketones is 1. The van der Waals surface area contributed by atoms with Crippen molar-refractivity contribution in [2.75, 3.05) is 26.9 Å². The van der Waals surface area contributed by atoms with Crippen molar-refractivity contribution in [2.24, 2.45) is 0 Å². The van der Waals surface area contributed by atoms with Crippen LogP contribution in [0, 0.1) is 0 Å². The van der Waals surface area contributed by atoms with Gasteiger partial charge in [-0.05, 0) is 54.8 Å². The Kier molecular flexibility index (Phi) is 7.31. The van der Waals surface area contributed by atoms with Crippen LogP contribution in [0.4, 0.5) is 0 Å². The fourth-order valence-corrected chi connectivity index (χ4v) is 3.57. The van der Waals surface area contributed by atoms with E-state index in [1.807, 2.05) is 6.92 Å². The van der Waals surface area contributed by atoms with E-state index in [1.54, 1.807) is 55.6 Å². The number of nitrogens with zero attached hydrogens (tertiary/aromatic N) is 1. The smallest absolute Gasteiger partial charge is 0.295 e. The molecule has 7 heteroatoms. The summed E-state index contributed by atoms with van der Waals surface area (Å²) < 4.78 is 10.8. The zero-order valence-electron chi connectivity index (χ0n) is 17.7. The van der Waals surface area contributed by atoms with Gasteiger partial charge in [0.2, 0.25) is 0 Å². The van der Waals surface area contributed by atoms with Crippen LogP contribution < -0.4 is 9.47 Å². The number of likely N-dealkylation sites (tertiary alicyclic amines) is 1. The number of methoxy groups -OCH3 is 1. The fraction of sp³-hybridized carbons (Fsp3) is 0.333. The van der Waals surface area contributed by atoms with Gasteiger partial charge in [0.1, 0.15) is 17.3 Å². The Morgan fingerprint density at radius 3 is 2.26 bits per heavy atom. The first-order chi connectivity index (χ1) is 15.0. The van der Waals surface area contributed by atoms with E-state index in [0.29, 0.717) is 35.7 Å². The van der Waals surface area contributed by atoms with Gasteiger partial charge in [-0.2, -0.15) is 0 Å². The molecule has 0 aliphatic carbocycles. The zero-order chi connectivity index (χ0) is 22.4. The number of aliphatic hydroxyl groups excluding tert-OH is 2. The van der Waals surface area contributed by atoms with E-state index in [0.717, 1.165) is 6.42 Å². The van der Waals surface area contributed by atoms with Crippen molar-refractivity contribution in [3.05, 3.63) is 65.2 Å². The lowest BCUT2D eigenvalue weighted by molar-refractivity contribution is -0.140. The number of hydrogen-bond acceptors (Lipinski definition) is 6. The van der Waals surface area contributed by atoms with Crippen LogP contribution >= 0.6 is 0 Å². The van der Waals surface area contributed by atoms with Crippen molar-refractivity contribution in [3.63, 3.8) is 0 Å². The van der Waals surface area contributed by atoms with E-state index in [2.05, 4.69) is 0 Å². The minimum Gasteiger partial charge on any atom is -0.507 e. The third-order valence-corrected chi connectivity index (χ3v) is 5.13. The van der Waals surface area contributed by atoms with Crippen LogP contribution in [-0.4, -0.2) is 53.7 Å². The molecule has 1 atom stereocenters. The lowest BCUT2D eigenvalue weighted by Crippen LogP contribution is -2.31. The summed E-state index contributed by atoms with van der Waals surface area (Å²) in [5.74, 6) is -0.388. The predicted molar refractivity (Wildman–Crippen MR) is 116 cm³/mol.